The zero-order valence-corrected chi connectivity index (χ0v) is 49.9. The van der Waals surface area contributed by atoms with E-state index in [0.29, 0.717) is 19.8 Å². The molecule has 9 aromatic rings. The van der Waals surface area contributed by atoms with Gasteiger partial charge in [-0.25, -0.2) is 0 Å². The molecular weight excluding hydrogens is 1090 g/mol. The van der Waals surface area contributed by atoms with Crippen molar-refractivity contribution in [1.29, 1.82) is 0 Å². The smallest absolute Gasteiger partial charge is 0.119 e. The van der Waals surface area contributed by atoms with E-state index in [2.05, 4.69) is 157 Å². The van der Waals surface area contributed by atoms with Gasteiger partial charge in [0.05, 0.1) is 6.61 Å². The summed E-state index contributed by atoms with van der Waals surface area (Å²) in [4.78, 5) is 0. The normalized spacial score (nSPS) is 11.8. The summed E-state index contributed by atoms with van der Waals surface area (Å²) in [5, 5.41) is 36.1. The number of alkyl halides is 1. The number of allylic oxidation sites excluding steroid dienone is 3. The lowest BCUT2D eigenvalue weighted by Crippen LogP contribution is -2.15. The maximum atomic E-state index is 9.72. The third-order valence-electron chi connectivity index (χ3n) is 13.8. The molecule has 0 spiro atoms. The SMILES string of the molecule is CC/C(=C(/c1ccc(O)cc1)c1ccc(OCCNC)cc1)c1ccccc1.CC/C(=C(\c1ccc(O)cc1)c1ccc(OCCNC)cc1)c1ccccc1.CCC(=C(c1ccc(O)cc1)c1ccc(OCCBr)cc1)c1ccccc1. The van der Waals surface area contributed by atoms with Crippen LogP contribution in [0.25, 0.3) is 33.4 Å². The van der Waals surface area contributed by atoms with E-state index in [1.54, 1.807) is 36.4 Å². The molecular formula is C74H77BrN2O6. The lowest BCUT2D eigenvalue weighted by Gasteiger charge is -2.17. The third-order valence-corrected chi connectivity index (χ3v) is 14.1. The molecule has 0 saturated carbocycles. The zero-order valence-electron chi connectivity index (χ0n) is 48.3. The molecule has 0 aliphatic rings. The average Bonchev–Trinajstić information content (AvgIpc) is 3.69. The van der Waals surface area contributed by atoms with Crippen molar-refractivity contribution >= 4 is 49.4 Å². The summed E-state index contributed by atoms with van der Waals surface area (Å²) in [7, 11) is 3.83. The standard InChI is InChI=1S/2C25H27NO2.C24H23BrO2/c2*1-3-24(19-7-5-4-6-8-19)25(20-9-13-22(27)14-10-20)21-11-15-23(16-12-21)28-18-17-26-2;1-2-23(18-6-4-3-5-7-18)24(19-8-12-21(26)13-9-19)20-10-14-22(15-11-20)27-17-16-25/h2*4-16,26-27H,3,17-18H2,1-2H3;3-15,26H,2,16-17H2,1H3/b25-24+;25-24-;. The van der Waals surface area contributed by atoms with Crippen LogP contribution in [0.15, 0.2) is 237 Å². The Morgan fingerprint density at radius 1 is 0.313 bits per heavy atom. The van der Waals surface area contributed by atoms with Gasteiger partial charge in [0.25, 0.3) is 0 Å². The summed E-state index contributed by atoms with van der Waals surface area (Å²) in [6, 6.07) is 78.4. The first-order chi connectivity index (χ1) is 40.7. The van der Waals surface area contributed by atoms with Crippen molar-refractivity contribution in [3.8, 4) is 34.5 Å². The van der Waals surface area contributed by atoms with Gasteiger partial charge in [0, 0.05) is 18.4 Å². The van der Waals surface area contributed by atoms with E-state index in [4.69, 9.17) is 14.2 Å². The number of phenols is 3. The summed E-state index contributed by atoms with van der Waals surface area (Å²) >= 11 is 3.38. The molecule has 9 rings (SSSR count). The van der Waals surface area contributed by atoms with Crippen LogP contribution >= 0.6 is 15.9 Å². The van der Waals surface area contributed by atoms with Crippen LogP contribution < -0.4 is 24.8 Å². The molecule has 0 bridgehead atoms. The topological polar surface area (TPSA) is 112 Å². The molecule has 0 radical (unpaired) electrons. The Hall–Kier alpha value is -8.60. The van der Waals surface area contributed by atoms with Crippen LogP contribution in [0.5, 0.6) is 34.5 Å². The van der Waals surface area contributed by atoms with Gasteiger partial charge in [-0.1, -0.05) is 200 Å². The van der Waals surface area contributed by atoms with Crippen molar-refractivity contribution in [1.82, 2.24) is 10.6 Å². The van der Waals surface area contributed by atoms with E-state index >= 15 is 0 Å². The summed E-state index contributed by atoms with van der Waals surface area (Å²) in [6.45, 7) is 10.1. The predicted molar refractivity (Wildman–Crippen MR) is 350 cm³/mol. The van der Waals surface area contributed by atoms with Gasteiger partial charge >= 0.3 is 0 Å². The number of nitrogens with one attached hydrogen (secondary N) is 2. The molecule has 8 nitrogen and oxygen atoms in total. The van der Waals surface area contributed by atoms with E-state index in [9.17, 15) is 15.3 Å². The van der Waals surface area contributed by atoms with Crippen LogP contribution in [-0.2, 0) is 0 Å². The van der Waals surface area contributed by atoms with Crippen LogP contribution in [0.2, 0.25) is 0 Å². The maximum Gasteiger partial charge on any atom is 0.119 e. The Balaban J connectivity index is 0.000000179. The summed E-state index contributed by atoms with van der Waals surface area (Å²) in [5.74, 6) is 3.40. The fourth-order valence-electron chi connectivity index (χ4n) is 9.78. The van der Waals surface area contributed by atoms with Gasteiger partial charge in [-0.3, -0.25) is 0 Å². The fraction of sp³-hybridized carbons (Fsp3) is 0.189. The third kappa shape index (κ3) is 18.2. The van der Waals surface area contributed by atoms with Gasteiger partial charge < -0.3 is 40.2 Å². The van der Waals surface area contributed by atoms with Crippen LogP contribution in [0, 0.1) is 0 Å². The van der Waals surface area contributed by atoms with E-state index < -0.39 is 0 Å². The number of halogens is 1. The Bertz CT molecular complexity index is 3260. The number of hydrogen-bond donors (Lipinski definition) is 5. The number of aromatic hydroxyl groups is 3. The second kappa shape index (κ2) is 33.4. The molecule has 0 atom stereocenters. The first-order valence-corrected chi connectivity index (χ1v) is 29.6. The van der Waals surface area contributed by atoms with E-state index in [1.807, 2.05) is 105 Å². The largest absolute Gasteiger partial charge is 0.508 e. The van der Waals surface area contributed by atoms with Gasteiger partial charge in [-0.05, 0) is 190 Å². The quantitative estimate of drug-likeness (QED) is 0.0245. The van der Waals surface area contributed by atoms with Crippen LogP contribution in [0.3, 0.4) is 0 Å². The number of likely N-dealkylation sites (N-methyl/N-ethyl adjacent to an activating group) is 2. The highest BCUT2D eigenvalue weighted by Crippen LogP contribution is 2.39. The van der Waals surface area contributed by atoms with Crippen molar-refractivity contribution < 1.29 is 29.5 Å². The van der Waals surface area contributed by atoms with Crippen molar-refractivity contribution in [2.24, 2.45) is 0 Å². The monoisotopic (exact) mass is 1170 g/mol. The van der Waals surface area contributed by atoms with Gasteiger partial charge in [0.15, 0.2) is 0 Å². The molecule has 0 heterocycles. The summed E-state index contributed by atoms with van der Waals surface area (Å²) in [6.07, 6.45) is 2.71. The molecule has 9 aromatic carbocycles. The van der Waals surface area contributed by atoms with Gasteiger partial charge in [0.1, 0.15) is 47.7 Å². The number of benzene rings is 9. The average molecular weight is 1170 g/mol. The maximum absolute atomic E-state index is 9.72. The van der Waals surface area contributed by atoms with Crippen LogP contribution in [0.4, 0.5) is 0 Å². The minimum Gasteiger partial charge on any atom is -0.508 e. The minimum atomic E-state index is 0.272. The molecule has 0 aromatic heterocycles. The fourth-order valence-corrected chi connectivity index (χ4v) is 9.94. The highest BCUT2D eigenvalue weighted by atomic mass is 79.9. The van der Waals surface area contributed by atoms with Gasteiger partial charge in [0.2, 0.25) is 0 Å². The molecule has 0 unspecified atom stereocenters. The van der Waals surface area contributed by atoms with Crippen LogP contribution in [-0.4, -0.2) is 67.7 Å². The van der Waals surface area contributed by atoms with Crippen molar-refractivity contribution in [3.05, 3.63) is 287 Å². The Morgan fingerprint density at radius 3 is 0.759 bits per heavy atom. The minimum absolute atomic E-state index is 0.272. The van der Waals surface area contributed by atoms with Crippen molar-refractivity contribution in [2.75, 3.05) is 52.3 Å². The zero-order chi connectivity index (χ0) is 58.6. The molecule has 5 N–H and O–H groups in total. The molecule has 0 aliphatic carbocycles. The van der Waals surface area contributed by atoms with Crippen molar-refractivity contribution in [3.63, 3.8) is 0 Å². The predicted octanol–water partition coefficient (Wildman–Crippen LogP) is 17.3. The number of phenolic OH excluding ortho intramolecular Hbond substituents is 3. The van der Waals surface area contributed by atoms with E-state index in [-0.39, 0.29) is 17.2 Å². The molecule has 83 heavy (non-hydrogen) atoms. The van der Waals surface area contributed by atoms with E-state index in [1.165, 1.54) is 50.1 Å². The highest BCUT2D eigenvalue weighted by molar-refractivity contribution is 9.09. The molecule has 9 heteroatoms. The Labute approximate surface area is 500 Å². The summed E-state index contributed by atoms with van der Waals surface area (Å²) in [5.41, 5.74) is 17.6. The lowest BCUT2D eigenvalue weighted by molar-refractivity contribution is 0.318. The second-order valence-electron chi connectivity index (χ2n) is 19.4. The van der Waals surface area contributed by atoms with Gasteiger partial charge in [-0.15, -0.1) is 0 Å². The van der Waals surface area contributed by atoms with Gasteiger partial charge in [-0.2, -0.15) is 0 Å². The number of ether oxygens (including phenoxy) is 3. The number of hydrogen-bond acceptors (Lipinski definition) is 8. The molecule has 0 fully saturated rings. The molecule has 0 aliphatic heterocycles. The highest BCUT2D eigenvalue weighted by Gasteiger charge is 2.17. The molecule has 426 valence electrons. The van der Waals surface area contributed by atoms with Crippen molar-refractivity contribution in [2.45, 2.75) is 40.0 Å². The van der Waals surface area contributed by atoms with E-state index in [0.717, 1.165) is 88.3 Å². The Morgan fingerprint density at radius 2 is 0.542 bits per heavy atom. The first kappa shape index (κ1) is 62.0. The lowest BCUT2D eigenvalue weighted by atomic mass is 9.88. The second-order valence-corrected chi connectivity index (χ2v) is 20.2. The molecule has 0 saturated heterocycles. The number of rotatable bonds is 23. The van der Waals surface area contributed by atoms with Crippen LogP contribution in [0.1, 0.15) is 90.1 Å². The molecule has 0 amide bonds. The first-order valence-electron chi connectivity index (χ1n) is 28.5. The summed E-state index contributed by atoms with van der Waals surface area (Å²) < 4.78 is 17.2. The Kier molecular flexibility index (Phi) is 24.9.